The highest BCUT2D eigenvalue weighted by atomic mass is 32.2. The number of rotatable bonds is 7. The zero-order chi connectivity index (χ0) is 20.8. The van der Waals surface area contributed by atoms with Crippen molar-refractivity contribution in [2.24, 2.45) is 11.8 Å². The number of hydrogen-bond acceptors (Lipinski definition) is 4. The molecule has 3 rings (SSSR count). The third-order valence-electron chi connectivity index (χ3n) is 5.11. The van der Waals surface area contributed by atoms with Crippen LogP contribution in [-0.4, -0.2) is 34.6 Å². The van der Waals surface area contributed by atoms with Crippen LogP contribution < -0.4 is 5.32 Å². The van der Waals surface area contributed by atoms with Gasteiger partial charge in [-0.3, -0.25) is 9.69 Å². The topological polar surface area (TPSA) is 45.2 Å². The minimum Gasteiger partial charge on any atom is -0.348 e. The van der Waals surface area contributed by atoms with E-state index in [4.69, 9.17) is 0 Å². The number of carbonyl (C=O) groups is 1. The lowest BCUT2D eigenvalue weighted by atomic mass is 9.91. The second kappa shape index (κ2) is 10.2. The van der Waals surface area contributed by atoms with Crippen LogP contribution in [0.4, 0.5) is 8.78 Å². The Morgan fingerprint density at radius 2 is 1.86 bits per heavy atom. The Bertz CT molecular complexity index is 823. The molecule has 2 unspecified atom stereocenters. The zero-order valence-corrected chi connectivity index (χ0v) is 17.6. The van der Waals surface area contributed by atoms with Crippen molar-refractivity contribution in [2.75, 3.05) is 13.1 Å². The third-order valence-corrected chi connectivity index (χ3v) is 5.84. The van der Waals surface area contributed by atoms with Gasteiger partial charge in [0.15, 0.2) is 0 Å². The lowest BCUT2D eigenvalue weighted by Crippen LogP contribution is -2.38. The number of nitrogens with one attached hydrogen (secondary N) is 1. The monoisotopic (exact) mass is 419 g/mol. The molecule has 1 aromatic carbocycles. The minimum absolute atomic E-state index is 0.0459. The van der Waals surface area contributed by atoms with E-state index in [2.05, 4.69) is 35.1 Å². The summed E-state index contributed by atoms with van der Waals surface area (Å²) in [6.45, 7) is 7.93. The number of amides is 1. The van der Waals surface area contributed by atoms with Gasteiger partial charge < -0.3 is 5.32 Å². The first-order chi connectivity index (χ1) is 13.9. The molecular weight excluding hydrogens is 392 g/mol. The number of thioether (sulfide) groups is 1. The fourth-order valence-electron chi connectivity index (χ4n) is 4.06. The molecule has 0 radical (unpaired) electrons. The molecule has 1 aliphatic heterocycles. The van der Waals surface area contributed by atoms with Crippen LogP contribution in [0.15, 0.2) is 47.6 Å². The highest BCUT2D eigenvalue weighted by Gasteiger charge is 2.22. The number of halogens is 2. The van der Waals surface area contributed by atoms with E-state index in [-0.39, 0.29) is 22.4 Å². The van der Waals surface area contributed by atoms with Crippen molar-refractivity contribution in [1.29, 1.82) is 0 Å². The lowest BCUT2D eigenvalue weighted by molar-refractivity contribution is 0.0947. The zero-order valence-electron chi connectivity index (χ0n) is 16.8. The summed E-state index contributed by atoms with van der Waals surface area (Å²) in [4.78, 5) is 19.0. The number of carbonyl (C=O) groups excluding carboxylic acids is 1. The van der Waals surface area contributed by atoms with E-state index in [1.807, 2.05) is 18.2 Å². The van der Waals surface area contributed by atoms with Gasteiger partial charge in [-0.15, -0.1) is 0 Å². The molecule has 29 heavy (non-hydrogen) atoms. The molecule has 1 fully saturated rings. The van der Waals surface area contributed by atoms with Crippen molar-refractivity contribution in [3.05, 3.63) is 59.3 Å². The van der Waals surface area contributed by atoms with Gasteiger partial charge in [0.1, 0.15) is 5.03 Å². The molecule has 2 heterocycles. The Morgan fingerprint density at radius 1 is 1.17 bits per heavy atom. The van der Waals surface area contributed by atoms with Gasteiger partial charge in [-0.1, -0.05) is 38.1 Å². The third kappa shape index (κ3) is 6.24. The van der Waals surface area contributed by atoms with Crippen molar-refractivity contribution >= 4 is 17.7 Å². The second-order valence-corrected chi connectivity index (χ2v) is 8.80. The Hall–Kier alpha value is -1.99. The summed E-state index contributed by atoms with van der Waals surface area (Å²) in [5.74, 6) is -1.65. The summed E-state index contributed by atoms with van der Waals surface area (Å²) >= 11 is 0.290. The van der Waals surface area contributed by atoms with Gasteiger partial charge in [-0.2, -0.15) is 8.78 Å². The molecule has 0 saturated carbocycles. The smallest absolute Gasteiger partial charge is 0.290 e. The number of piperidine rings is 1. The molecule has 4 nitrogen and oxygen atoms in total. The van der Waals surface area contributed by atoms with Crippen LogP contribution in [0.25, 0.3) is 0 Å². The van der Waals surface area contributed by atoms with Gasteiger partial charge in [0, 0.05) is 32.4 Å². The molecule has 1 aliphatic rings. The van der Waals surface area contributed by atoms with Crippen LogP contribution >= 0.6 is 11.8 Å². The van der Waals surface area contributed by atoms with Gasteiger partial charge in [-0.05, 0) is 53.3 Å². The maximum Gasteiger partial charge on any atom is 0.290 e. The molecule has 0 spiro atoms. The number of benzene rings is 1. The molecule has 1 N–H and O–H groups in total. The van der Waals surface area contributed by atoms with Crippen LogP contribution in [0.3, 0.4) is 0 Å². The summed E-state index contributed by atoms with van der Waals surface area (Å²) in [5.41, 5.74) is 2.40. The van der Waals surface area contributed by atoms with Gasteiger partial charge in [0.05, 0.1) is 5.56 Å². The molecule has 2 aromatic rings. The first-order valence-corrected chi connectivity index (χ1v) is 10.8. The summed E-state index contributed by atoms with van der Waals surface area (Å²) in [5, 5.41) is 2.91. The predicted octanol–water partition coefficient (Wildman–Crippen LogP) is 4.80. The first kappa shape index (κ1) is 21.7. The van der Waals surface area contributed by atoms with Crippen LogP contribution in [0.5, 0.6) is 0 Å². The Kier molecular flexibility index (Phi) is 7.61. The quantitative estimate of drug-likeness (QED) is 0.655. The predicted molar refractivity (Wildman–Crippen MR) is 112 cm³/mol. The second-order valence-electron chi connectivity index (χ2n) is 7.83. The average molecular weight is 420 g/mol. The van der Waals surface area contributed by atoms with E-state index in [9.17, 15) is 13.6 Å². The highest BCUT2D eigenvalue weighted by Crippen LogP contribution is 2.26. The Balaban J connectivity index is 1.66. The Labute approximate surface area is 175 Å². The summed E-state index contributed by atoms with van der Waals surface area (Å²) < 4.78 is 25.5. The molecule has 2 atom stereocenters. The number of alkyl halides is 2. The molecule has 0 aliphatic carbocycles. The van der Waals surface area contributed by atoms with Gasteiger partial charge in [-0.25, -0.2) is 4.98 Å². The van der Waals surface area contributed by atoms with Crippen LogP contribution in [-0.2, 0) is 13.1 Å². The van der Waals surface area contributed by atoms with Crippen molar-refractivity contribution in [3.8, 4) is 0 Å². The maximum absolute atomic E-state index is 12.7. The van der Waals surface area contributed by atoms with Crippen LogP contribution in [0.2, 0.25) is 0 Å². The fourth-order valence-corrected chi connectivity index (χ4v) is 4.64. The number of likely N-dealkylation sites (tertiary alicyclic amines) is 1. The minimum atomic E-state index is -2.62. The fraction of sp³-hybridized carbons (Fsp3) is 0.455. The van der Waals surface area contributed by atoms with E-state index in [0.29, 0.717) is 18.4 Å². The van der Waals surface area contributed by atoms with E-state index in [0.717, 1.165) is 25.2 Å². The van der Waals surface area contributed by atoms with Crippen molar-refractivity contribution in [1.82, 2.24) is 15.2 Å². The molecule has 1 amide bonds. The van der Waals surface area contributed by atoms with Gasteiger partial charge >= 0.3 is 0 Å². The molecule has 0 bridgehead atoms. The molecular formula is C22H27F2N3OS. The van der Waals surface area contributed by atoms with E-state index in [1.54, 1.807) is 6.07 Å². The maximum atomic E-state index is 12.7. The Morgan fingerprint density at radius 3 is 2.55 bits per heavy atom. The first-order valence-electron chi connectivity index (χ1n) is 9.89. The normalized spacial score (nSPS) is 20.0. The van der Waals surface area contributed by atoms with Crippen molar-refractivity contribution < 1.29 is 13.6 Å². The number of aromatic nitrogens is 1. The van der Waals surface area contributed by atoms with Crippen molar-refractivity contribution in [3.63, 3.8) is 0 Å². The summed E-state index contributed by atoms with van der Waals surface area (Å²) in [6.07, 6.45) is 2.68. The van der Waals surface area contributed by atoms with Crippen LogP contribution in [0.1, 0.15) is 41.8 Å². The van der Waals surface area contributed by atoms with Crippen LogP contribution in [0, 0.1) is 11.8 Å². The van der Waals surface area contributed by atoms with Crippen molar-refractivity contribution in [2.45, 2.75) is 44.1 Å². The highest BCUT2D eigenvalue weighted by molar-refractivity contribution is 7.99. The SMILES string of the molecule is CC1CC(C)CN(Cc2ccccc2CNC(=O)c2cccnc2SC(F)F)C1. The van der Waals surface area contributed by atoms with E-state index in [1.165, 1.54) is 24.2 Å². The molecule has 1 aromatic heterocycles. The number of pyridine rings is 1. The van der Waals surface area contributed by atoms with Gasteiger partial charge in [0.25, 0.3) is 11.7 Å². The molecule has 156 valence electrons. The summed E-state index contributed by atoms with van der Waals surface area (Å²) in [7, 11) is 0. The number of hydrogen-bond donors (Lipinski definition) is 1. The largest absolute Gasteiger partial charge is 0.348 e. The lowest BCUT2D eigenvalue weighted by Gasteiger charge is -2.35. The summed E-state index contributed by atoms with van der Waals surface area (Å²) in [6, 6.07) is 11.2. The number of nitrogens with zero attached hydrogens (tertiary/aromatic N) is 2. The average Bonchev–Trinajstić information content (AvgIpc) is 2.66. The molecule has 7 heteroatoms. The van der Waals surface area contributed by atoms with E-state index < -0.39 is 11.7 Å². The standard InChI is InChI=1S/C22H27F2N3OS/c1-15-10-16(2)13-27(12-15)14-18-7-4-3-6-17(18)11-26-20(28)19-8-5-9-25-21(19)29-22(23)24/h3-9,15-16,22H,10-14H2,1-2H3,(H,26,28). The van der Waals surface area contributed by atoms with Gasteiger partial charge in [0.2, 0.25) is 0 Å². The molecule has 1 saturated heterocycles. The van der Waals surface area contributed by atoms with E-state index >= 15 is 0 Å².